The molecule has 40 heavy (non-hydrogen) atoms. The molecule has 2 fully saturated rings. The van der Waals surface area contributed by atoms with Gasteiger partial charge in [0.1, 0.15) is 23.6 Å². The molecular formula is C29H37N9O2. The summed E-state index contributed by atoms with van der Waals surface area (Å²) < 4.78 is 7.45. The van der Waals surface area contributed by atoms with Crippen LogP contribution in [0.1, 0.15) is 44.4 Å². The topological polar surface area (TPSA) is 130 Å². The third-order valence-electron chi connectivity index (χ3n) is 8.36. The molecule has 0 spiro atoms. The van der Waals surface area contributed by atoms with Crippen LogP contribution in [-0.2, 0) is 6.42 Å². The molecule has 1 saturated carbocycles. The average Bonchev–Trinajstić information content (AvgIpc) is 3.59. The van der Waals surface area contributed by atoms with Crippen LogP contribution in [0.5, 0.6) is 0 Å². The lowest BCUT2D eigenvalue weighted by Crippen LogP contribution is -2.49. The van der Waals surface area contributed by atoms with Gasteiger partial charge in [0.05, 0.1) is 5.39 Å². The molecule has 2 amide bonds. The number of fused-ring (bicyclic) bond motifs is 1. The number of carbonyl (C=O) groups excluding carboxylic acids is 1. The van der Waals surface area contributed by atoms with Crippen LogP contribution >= 0.6 is 0 Å². The molecule has 6 rings (SSSR count). The van der Waals surface area contributed by atoms with Gasteiger partial charge in [0.15, 0.2) is 5.82 Å². The van der Waals surface area contributed by atoms with Crippen LogP contribution in [0.15, 0.2) is 47.4 Å². The number of piperazine rings is 1. The average molecular weight is 544 g/mol. The molecule has 11 heteroatoms. The quantitative estimate of drug-likeness (QED) is 0.322. The van der Waals surface area contributed by atoms with Crippen molar-refractivity contribution in [1.29, 1.82) is 0 Å². The lowest BCUT2D eigenvalue weighted by atomic mass is 9.89. The smallest absolute Gasteiger partial charge is 0.324 e. The number of nitrogens with zero attached hydrogens (tertiary/aromatic N) is 6. The highest BCUT2D eigenvalue weighted by atomic mass is 16.5. The number of nitrogens with one attached hydrogen (secondary N) is 2. The van der Waals surface area contributed by atoms with Gasteiger partial charge < -0.3 is 25.0 Å². The molecule has 4 heterocycles. The maximum atomic E-state index is 12.4. The lowest BCUT2D eigenvalue weighted by molar-refractivity contribution is 0.0828. The van der Waals surface area contributed by atoms with Gasteiger partial charge >= 0.3 is 6.03 Å². The zero-order valence-corrected chi connectivity index (χ0v) is 23.1. The maximum Gasteiger partial charge on any atom is 0.324 e. The van der Waals surface area contributed by atoms with Gasteiger partial charge in [0, 0.05) is 68.2 Å². The summed E-state index contributed by atoms with van der Waals surface area (Å²) in [6.07, 6.45) is 9.07. The van der Waals surface area contributed by atoms with Crippen molar-refractivity contribution in [2.24, 2.45) is 0 Å². The molecule has 4 N–H and O–H groups in total. The summed E-state index contributed by atoms with van der Waals surface area (Å²) in [5, 5.41) is 10.3. The van der Waals surface area contributed by atoms with Crippen LogP contribution in [0.4, 0.5) is 22.1 Å². The number of anilines is 3. The Morgan fingerprint density at radius 3 is 2.45 bits per heavy atom. The summed E-state index contributed by atoms with van der Waals surface area (Å²) in [6.45, 7) is 6.60. The Kier molecular flexibility index (Phi) is 7.40. The minimum Gasteiger partial charge on any atom is -0.383 e. The van der Waals surface area contributed by atoms with Crippen LogP contribution in [0.2, 0.25) is 0 Å². The molecular weight excluding hydrogens is 506 g/mol. The summed E-state index contributed by atoms with van der Waals surface area (Å²) >= 11 is 0. The fourth-order valence-electron chi connectivity index (χ4n) is 6.04. The summed E-state index contributed by atoms with van der Waals surface area (Å²) in [7, 11) is 2.21. The van der Waals surface area contributed by atoms with E-state index < -0.39 is 0 Å². The second-order valence-corrected chi connectivity index (χ2v) is 10.9. The van der Waals surface area contributed by atoms with Gasteiger partial charge in [-0.05, 0) is 50.4 Å². The van der Waals surface area contributed by atoms with Gasteiger partial charge in [-0.25, -0.2) is 14.8 Å². The van der Waals surface area contributed by atoms with Crippen molar-refractivity contribution in [2.75, 3.05) is 49.6 Å². The van der Waals surface area contributed by atoms with E-state index in [9.17, 15) is 4.79 Å². The Balaban J connectivity index is 1.17. The number of urea groups is 1. The number of benzene rings is 1. The van der Waals surface area contributed by atoms with Gasteiger partial charge in [0.25, 0.3) is 0 Å². The molecule has 0 radical (unpaired) electrons. The standard InChI is InChI=1S/C29H37N9O2/c1-3-23-16-25(35-40-23)34-29(39)33-20-6-4-19(5-7-20)24-17-38(28-26(24)27(30)31-18-32-28)22-10-8-21(9-11-22)37-14-12-36(2)13-15-37/h4-7,16-18,21-22H,3,8-15H2,1-2H3,(H2,30,31,32)(H2,33,34,35,39). The fraction of sp³-hybridized carbons (Fsp3) is 0.448. The third-order valence-corrected chi connectivity index (χ3v) is 8.36. The molecule has 3 aromatic heterocycles. The molecule has 1 aromatic carbocycles. The van der Waals surface area contributed by atoms with E-state index in [4.69, 9.17) is 10.3 Å². The minimum absolute atomic E-state index is 0.378. The van der Waals surface area contributed by atoms with Crippen molar-refractivity contribution in [3.8, 4) is 11.1 Å². The molecule has 4 aromatic rings. The van der Waals surface area contributed by atoms with Crippen LogP contribution < -0.4 is 16.4 Å². The normalized spacial score (nSPS) is 20.6. The summed E-state index contributed by atoms with van der Waals surface area (Å²) in [6, 6.07) is 10.1. The number of likely N-dealkylation sites (N-methyl/N-ethyl adjacent to an activating group) is 1. The SMILES string of the molecule is CCc1cc(NC(=O)Nc2ccc(-c3cn(C4CCC(N5CCN(C)CC5)CC4)c4ncnc(N)c34)cc2)no1. The molecule has 1 aliphatic heterocycles. The monoisotopic (exact) mass is 543 g/mol. The first-order chi connectivity index (χ1) is 19.5. The number of nitrogen functional groups attached to an aromatic ring is 1. The molecule has 210 valence electrons. The largest absolute Gasteiger partial charge is 0.383 e. The zero-order valence-electron chi connectivity index (χ0n) is 23.1. The van der Waals surface area contributed by atoms with Crippen molar-refractivity contribution >= 4 is 34.4 Å². The second kappa shape index (κ2) is 11.3. The highest BCUT2D eigenvalue weighted by molar-refractivity contribution is 6.02. The molecule has 11 nitrogen and oxygen atoms in total. The van der Waals surface area contributed by atoms with Crippen LogP contribution in [0.3, 0.4) is 0 Å². The van der Waals surface area contributed by atoms with Gasteiger partial charge in [-0.2, -0.15) is 0 Å². The number of nitrogens with two attached hydrogens (primary N) is 1. The highest BCUT2D eigenvalue weighted by Crippen LogP contribution is 2.39. The molecule has 1 saturated heterocycles. The summed E-state index contributed by atoms with van der Waals surface area (Å²) in [4.78, 5) is 26.5. The van der Waals surface area contributed by atoms with E-state index in [0.717, 1.165) is 48.1 Å². The van der Waals surface area contributed by atoms with Crippen molar-refractivity contribution in [3.63, 3.8) is 0 Å². The first kappa shape index (κ1) is 26.3. The Bertz CT molecular complexity index is 1460. The number of hydrogen-bond acceptors (Lipinski definition) is 8. The first-order valence-corrected chi connectivity index (χ1v) is 14.2. The predicted molar refractivity (Wildman–Crippen MR) is 156 cm³/mol. The van der Waals surface area contributed by atoms with Crippen LogP contribution in [0.25, 0.3) is 22.2 Å². The van der Waals surface area contributed by atoms with Crippen molar-refractivity contribution < 1.29 is 9.32 Å². The van der Waals surface area contributed by atoms with Gasteiger partial charge in [-0.1, -0.05) is 24.2 Å². The highest BCUT2D eigenvalue weighted by Gasteiger charge is 2.30. The number of aryl methyl sites for hydroxylation is 1. The summed E-state index contributed by atoms with van der Waals surface area (Å²) in [5.74, 6) is 1.57. The second-order valence-electron chi connectivity index (χ2n) is 10.9. The number of aromatic nitrogens is 4. The van der Waals surface area contributed by atoms with Gasteiger partial charge in [-0.15, -0.1) is 0 Å². The predicted octanol–water partition coefficient (Wildman–Crippen LogP) is 4.61. The number of rotatable bonds is 6. The van der Waals surface area contributed by atoms with E-state index in [2.05, 4.69) is 53.4 Å². The fourth-order valence-corrected chi connectivity index (χ4v) is 6.04. The molecule has 0 unspecified atom stereocenters. The Morgan fingerprint density at radius 2 is 1.75 bits per heavy atom. The van der Waals surface area contributed by atoms with E-state index in [-0.39, 0.29) is 6.03 Å². The van der Waals surface area contributed by atoms with E-state index in [1.165, 1.54) is 25.9 Å². The first-order valence-electron chi connectivity index (χ1n) is 14.2. The van der Waals surface area contributed by atoms with Crippen LogP contribution in [-0.4, -0.2) is 74.8 Å². The number of carbonyl (C=O) groups is 1. The van der Waals surface area contributed by atoms with Crippen molar-refractivity contribution in [3.05, 3.63) is 48.6 Å². The van der Waals surface area contributed by atoms with E-state index in [1.54, 1.807) is 12.4 Å². The number of amides is 2. The zero-order chi connectivity index (χ0) is 27.6. The number of hydrogen-bond donors (Lipinski definition) is 3. The Hall–Kier alpha value is -3.96. The van der Waals surface area contributed by atoms with Gasteiger partial charge in [-0.3, -0.25) is 10.2 Å². The summed E-state index contributed by atoms with van der Waals surface area (Å²) in [5.41, 5.74) is 9.93. The maximum absolute atomic E-state index is 12.4. The lowest BCUT2D eigenvalue weighted by Gasteiger charge is -2.41. The Labute approximate surface area is 233 Å². The van der Waals surface area contributed by atoms with Crippen molar-refractivity contribution in [1.82, 2.24) is 29.5 Å². The van der Waals surface area contributed by atoms with E-state index in [0.29, 0.717) is 41.6 Å². The van der Waals surface area contributed by atoms with E-state index >= 15 is 0 Å². The van der Waals surface area contributed by atoms with E-state index in [1.807, 2.05) is 31.2 Å². The molecule has 2 aliphatic rings. The van der Waals surface area contributed by atoms with Crippen LogP contribution in [0, 0.1) is 0 Å². The van der Waals surface area contributed by atoms with Crippen molar-refractivity contribution in [2.45, 2.75) is 51.1 Å². The molecule has 1 aliphatic carbocycles. The molecule has 0 bridgehead atoms. The molecule has 0 atom stereocenters. The van der Waals surface area contributed by atoms with Gasteiger partial charge in [0.2, 0.25) is 0 Å². The third kappa shape index (κ3) is 5.39. The Morgan fingerprint density at radius 1 is 1.02 bits per heavy atom. The minimum atomic E-state index is -0.384.